The Balaban J connectivity index is 2.49. The van der Waals surface area contributed by atoms with E-state index >= 15 is 0 Å². The van der Waals surface area contributed by atoms with Crippen LogP contribution in [0.1, 0.15) is 5.56 Å². The highest BCUT2D eigenvalue weighted by molar-refractivity contribution is 6.04. The summed E-state index contributed by atoms with van der Waals surface area (Å²) < 4.78 is 0. The molecule has 0 atom stereocenters. The summed E-state index contributed by atoms with van der Waals surface area (Å²) in [7, 11) is 3.91. The average Bonchev–Trinajstić information content (AvgIpc) is 2.44. The van der Waals surface area contributed by atoms with Crippen LogP contribution in [0.15, 0.2) is 29.3 Å². The number of fused-ring (bicyclic) bond motifs is 1. The third-order valence-corrected chi connectivity index (χ3v) is 2.35. The molecule has 0 spiro atoms. The zero-order chi connectivity index (χ0) is 8.55. The van der Waals surface area contributed by atoms with Gasteiger partial charge in [-0.05, 0) is 11.6 Å². The van der Waals surface area contributed by atoms with Crippen molar-refractivity contribution in [3.8, 4) is 0 Å². The van der Waals surface area contributed by atoms with Gasteiger partial charge in [0.2, 0.25) is 0 Å². The summed E-state index contributed by atoms with van der Waals surface area (Å²) in [4.78, 5) is 6.37. The molecule has 1 aromatic rings. The molecule has 0 radical (unpaired) electrons. The summed E-state index contributed by atoms with van der Waals surface area (Å²) >= 11 is 0. The molecule has 0 N–H and O–H groups in total. The van der Waals surface area contributed by atoms with E-state index < -0.39 is 0 Å². The summed E-state index contributed by atoms with van der Waals surface area (Å²) in [6.07, 6.45) is 0.975. The second-order valence-corrected chi connectivity index (χ2v) is 3.00. The molecule has 0 amide bonds. The summed E-state index contributed by atoms with van der Waals surface area (Å²) in [5, 5.41) is 0. The molecular weight excluding hydrogens is 148 g/mol. The number of benzene rings is 1. The lowest BCUT2D eigenvalue weighted by molar-refractivity contribution is 1.24. The Morgan fingerprint density at radius 3 is 2.75 bits per heavy atom. The third kappa shape index (κ3) is 0.916. The van der Waals surface area contributed by atoms with Crippen LogP contribution in [0.25, 0.3) is 0 Å². The van der Waals surface area contributed by atoms with E-state index in [0.29, 0.717) is 0 Å². The molecule has 1 heterocycles. The zero-order valence-corrected chi connectivity index (χ0v) is 7.41. The van der Waals surface area contributed by atoms with Gasteiger partial charge in [0, 0.05) is 26.2 Å². The monoisotopic (exact) mass is 160 g/mol. The molecular formula is C10H12N2. The first-order chi connectivity index (χ1) is 5.83. The van der Waals surface area contributed by atoms with Gasteiger partial charge in [-0.3, -0.25) is 4.99 Å². The van der Waals surface area contributed by atoms with Crippen LogP contribution in [0, 0.1) is 0 Å². The Labute approximate surface area is 72.5 Å². The van der Waals surface area contributed by atoms with Gasteiger partial charge in [0.15, 0.2) is 0 Å². The fourth-order valence-corrected chi connectivity index (χ4v) is 1.64. The molecule has 0 aromatic heterocycles. The van der Waals surface area contributed by atoms with E-state index in [1.165, 1.54) is 11.3 Å². The molecule has 1 aromatic carbocycles. The Morgan fingerprint density at radius 1 is 1.33 bits per heavy atom. The van der Waals surface area contributed by atoms with Crippen LogP contribution in [-0.4, -0.2) is 19.9 Å². The first-order valence-electron chi connectivity index (χ1n) is 4.10. The molecule has 0 fully saturated rings. The van der Waals surface area contributed by atoms with Crippen LogP contribution in [0.2, 0.25) is 0 Å². The number of amidine groups is 1. The second-order valence-electron chi connectivity index (χ2n) is 3.00. The highest BCUT2D eigenvalue weighted by Crippen LogP contribution is 2.27. The van der Waals surface area contributed by atoms with E-state index in [9.17, 15) is 0 Å². The maximum atomic E-state index is 4.23. The van der Waals surface area contributed by atoms with Gasteiger partial charge in [0.05, 0.1) is 0 Å². The predicted molar refractivity (Wildman–Crippen MR) is 51.9 cm³/mol. The molecule has 0 bridgehead atoms. The first-order valence-corrected chi connectivity index (χ1v) is 4.10. The average molecular weight is 160 g/mol. The van der Waals surface area contributed by atoms with Crippen LogP contribution in [0.4, 0.5) is 5.69 Å². The maximum absolute atomic E-state index is 4.23. The smallest absolute Gasteiger partial charge is 0.107 e. The van der Waals surface area contributed by atoms with E-state index in [1.807, 2.05) is 7.05 Å². The number of nitrogens with zero attached hydrogens (tertiary/aromatic N) is 2. The van der Waals surface area contributed by atoms with Crippen molar-refractivity contribution in [1.29, 1.82) is 0 Å². The third-order valence-electron chi connectivity index (χ3n) is 2.35. The SMILES string of the molecule is C/N=C1\Cc2ccccc2N1C. The van der Waals surface area contributed by atoms with Crippen molar-refractivity contribution < 1.29 is 0 Å². The maximum Gasteiger partial charge on any atom is 0.107 e. The number of likely N-dealkylation sites (N-methyl/N-ethyl adjacent to an activating group) is 1. The fourth-order valence-electron chi connectivity index (χ4n) is 1.64. The molecule has 1 aliphatic rings. The van der Waals surface area contributed by atoms with Crippen LogP contribution in [0.5, 0.6) is 0 Å². The Hall–Kier alpha value is -1.31. The van der Waals surface area contributed by atoms with Crippen molar-refractivity contribution in [2.75, 3.05) is 19.0 Å². The van der Waals surface area contributed by atoms with E-state index in [4.69, 9.17) is 0 Å². The molecule has 2 nitrogen and oxygen atoms in total. The fraction of sp³-hybridized carbons (Fsp3) is 0.300. The molecule has 2 heteroatoms. The lowest BCUT2D eigenvalue weighted by Gasteiger charge is -2.12. The Morgan fingerprint density at radius 2 is 2.08 bits per heavy atom. The minimum absolute atomic E-state index is 0.975. The second kappa shape index (κ2) is 2.63. The van der Waals surface area contributed by atoms with Crippen molar-refractivity contribution in [2.45, 2.75) is 6.42 Å². The molecule has 0 saturated carbocycles. The van der Waals surface area contributed by atoms with E-state index in [1.54, 1.807) is 0 Å². The normalized spacial score (nSPS) is 18.5. The van der Waals surface area contributed by atoms with E-state index in [2.05, 4.69) is 41.2 Å². The lowest BCUT2D eigenvalue weighted by Crippen LogP contribution is -2.21. The number of para-hydroxylation sites is 1. The van der Waals surface area contributed by atoms with Crippen molar-refractivity contribution in [3.63, 3.8) is 0 Å². The highest BCUT2D eigenvalue weighted by atomic mass is 15.2. The summed E-state index contributed by atoms with van der Waals surface area (Å²) in [6.45, 7) is 0. The summed E-state index contributed by atoms with van der Waals surface area (Å²) in [5.41, 5.74) is 2.67. The van der Waals surface area contributed by atoms with Gasteiger partial charge in [-0.1, -0.05) is 18.2 Å². The van der Waals surface area contributed by atoms with Gasteiger partial charge in [0.25, 0.3) is 0 Å². The number of hydrogen-bond donors (Lipinski definition) is 0. The minimum atomic E-state index is 0.975. The molecule has 0 unspecified atom stereocenters. The van der Waals surface area contributed by atoms with Gasteiger partial charge in [-0.25, -0.2) is 0 Å². The van der Waals surface area contributed by atoms with Crippen molar-refractivity contribution in [3.05, 3.63) is 29.8 Å². The van der Waals surface area contributed by atoms with Crippen molar-refractivity contribution in [1.82, 2.24) is 0 Å². The zero-order valence-electron chi connectivity index (χ0n) is 7.41. The number of anilines is 1. The molecule has 0 aliphatic carbocycles. The standard InChI is InChI=1S/C10H12N2/c1-11-10-7-8-5-3-4-6-9(8)12(10)2/h3-6H,7H2,1-2H3/b11-10+. The Kier molecular flexibility index (Phi) is 1.61. The first kappa shape index (κ1) is 7.35. The van der Waals surface area contributed by atoms with Gasteiger partial charge in [0.1, 0.15) is 5.84 Å². The predicted octanol–water partition coefficient (Wildman–Crippen LogP) is 1.71. The molecule has 0 saturated heterocycles. The Bertz CT molecular complexity index is 328. The van der Waals surface area contributed by atoms with E-state index in [-0.39, 0.29) is 0 Å². The molecule has 62 valence electrons. The minimum Gasteiger partial charge on any atom is -0.333 e. The number of rotatable bonds is 0. The van der Waals surface area contributed by atoms with Crippen LogP contribution >= 0.6 is 0 Å². The van der Waals surface area contributed by atoms with E-state index in [0.717, 1.165) is 12.3 Å². The topological polar surface area (TPSA) is 15.6 Å². The lowest BCUT2D eigenvalue weighted by atomic mass is 10.2. The number of aliphatic imine (C=N–C) groups is 1. The molecule has 2 rings (SSSR count). The highest BCUT2D eigenvalue weighted by Gasteiger charge is 2.20. The van der Waals surface area contributed by atoms with Gasteiger partial charge in [-0.2, -0.15) is 0 Å². The van der Waals surface area contributed by atoms with Crippen molar-refractivity contribution >= 4 is 11.5 Å². The molecule has 1 aliphatic heterocycles. The largest absolute Gasteiger partial charge is 0.333 e. The van der Waals surface area contributed by atoms with Gasteiger partial charge >= 0.3 is 0 Å². The summed E-state index contributed by atoms with van der Waals surface area (Å²) in [6, 6.07) is 8.43. The van der Waals surface area contributed by atoms with Crippen LogP contribution < -0.4 is 4.90 Å². The van der Waals surface area contributed by atoms with Crippen molar-refractivity contribution in [2.24, 2.45) is 4.99 Å². The quantitative estimate of drug-likeness (QED) is 0.564. The summed E-state index contributed by atoms with van der Waals surface area (Å²) in [5.74, 6) is 1.15. The number of hydrogen-bond acceptors (Lipinski definition) is 1. The van der Waals surface area contributed by atoms with Crippen LogP contribution in [0.3, 0.4) is 0 Å². The van der Waals surface area contributed by atoms with Crippen LogP contribution in [-0.2, 0) is 6.42 Å². The molecule has 12 heavy (non-hydrogen) atoms. The van der Waals surface area contributed by atoms with Gasteiger partial charge < -0.3 is 4.90 Å². The van der Waals surface area contributed by atoms with Gasteiger partial charge in [-0.15, -0.1) is 0 Å².